The number of amides is 1. The molecule has 1 aromatic carbocycles. The van der Waals surface area contributed by atoms with Crippen LogP contribution in [0.1, 0.15) is 35.0 Å². The molecule has 0 fully saturated rings. The molecule has 2 aromatic heterocycles. The Hall–Kier alpha value is -2.54. The summed E-state index contributed by atoms with van der Waals surface area (Å²) in [5, 5.41) is 3.56. The van der Waals surface area contributed by atoms with Crippen molar-refractivity contribution in [2.45, 2.75) is 25.0 Å². The van der Waals surface area contributed by atoms with E-state index >= 15 is 0 Å². The molecule has 0 spiro atoms. The third-order valence-electron chi connectivity index (χ3n) is 3.77. The molecule has 0 saturated carbocycles. The van der Waals surface area contributed by atoms with Crippen molar-refractivity contribution in [1.29, 1.82) is 0 Å². The van der Waals surface area contributed by atoms with Crippen LogP contribution >= 0.6 is 11.8 Å². The number of hydrogen-bond acceptors (Lipinski definition) is 4. The van der Waals surface area contributed by atoms with Gasteiger partial charge in [-0.3, -0.25) is 9.36 Å². The van der Waals surface area contributed by atoms with Crippen LogP contribution in [0.25, 0.3) is 5.69 Å². The fraction of sp³-hybridized carbons (Fsp3) is 0.222. The van der Waals surface area contributed by atoms with Gasteiger partial charge in [-0.2, -0.15) is 0 Å². The first-order chi connectivity index (χ1) is 12.0. The molecule has 130 valence electrons. The average molecular weight is 359 g/mol. The average Bonchev–Trinajstić information content (AvgIpc) is 3.21. The van der Waals surface area contributed by atoms with Crippen LogP contribution < -0.4 is 5.32 Å². The second kappa shape index (κ2) is 7.14. The topological polar surface area (TPSA) is 60.1 Å². The summed E-state index contributed by atoms with van der Waals surface area (Å²) in [5.41, 5.74) is 1.06. The van der Waals surface area contributed by atoms with Crippen LogP contribution in [0.4, 0.5) is 4.39 Å². The lowest BCUT2D eigenvalue weighted by Crippen LogP contribution is -2.28. The maximum atomic E-state index is 13.2. The smallest absolute Gasteiger partial charge is 0.270 e. The second-order valence-corrected chi connectivity index (χ2v) is 6.36. The zero-order valence-corrected chi connectivity index (χ0v) is 14.9. The Kier molecular flexibility index (Phi) is 4.94. The Morgan fingerprint density at radius 2 is 2.00 bits per heavy atom. The molecule has 1 atom stereocenters. The van der Waals surface area contributed by atoms with Gasteiger partial charge in [-0.25, -0.2) is 9.37 Å². The van der Waals surface area contributed by atoms with Crippen molar-refractivity contribution >= 4 is 17.7 Å². The number of nitrogens with zero attached hydrogens (tertiary/aromatic N) is 2. The molecule has 7 heteroatoms. The number of furan rings is 1. The maximum Gasteiger partial charge on any atom is 0.270 e. The Bertz CT molecular complexity index is 886. The van der Waals surface area contributed by atoms with Crippen molar-refractivity contribution in [3.05, 3.63) is 65.6 Å². The first-order valence-corrected chi connectivity index (χ1v) is 8.97. The van der Waals surface area contributed by atoms with Gasteiger partial charge in [0.15, 0.2) is 5.16 Å². The number of nitrogens with one attached hydrogen (secondary N) is 1. The molecule has 1 N–H and O–H groups in total. The van der Waals surface area contributed by atoms with Gasteiger partial charge in [0.05, 0.1) is 12.2 Å². The van der Waals surface area contributed by atoms with Gasteiger partial charge >= 0.3 is 0 Å². The number of thioether (sulfide) groups is 1. The molecule has 0 aliphatic carbocycles. The Morgan fingerprint density at radius 1 is 1.28 bits per heavy atom. The number of aryl methyl sites for hydroxylation is 1. The fourth-order valence-electron chi connectivity index (χ4n) is 2.51. The highest BCUT2D eigenvalue weighted by Gasteiger charge is 2.20. The number of imidazole rings is 1. The van der Waals surface area contributed by atoms with Gasteiger partial charge in [-0.1, -0.05) is 11.8 Å². The van der Waals surface area contributed by atoms with Gasteiger partial charge in [0.25, 0.3) is 5.91 Å². The van der Waals surface area contributed by atoms with E-state index in [1.54, 1.807) is 16.7 Å². The normalized spacial score (nSPS) is 12.2. The first-order valence-electron chi connectivity index (χ1n) is 7.74. The van der Waals surface area contributed by atoms with Gasteiger partial charge in [0.2, 0.25) is 0 Å². The van der Waals surface area contributed by atoms with E-state index in [-0.39, 0.29) is 17.8 Å². The highest BCUT2D eigenvalue weighted by atomic mass is 32.2. The molecule has 5 nitrogen and oxygen atoms in total. The summed E-state index contributed by atoms with van der Waals surface area (Å²) >= 11 is 1.41. The molecular formula is C18H18FN3O2S. The zero-order chi connectivity index (χ0) is 18.0. The summed E-state index contributed by atoms with van der Waals surface area (Å²) in [6.07, 6.45) is 3.39. The standard InChI is InChI=1S/C18H18FN3O2S/c1-11-4-9-16(24-11)12(2)21-17(23)15-10-20-18(25-3)22(15)14-7-5-13(19)6-8-14/h4-10,12H,1-3H3,(H,21,23). The van der Waals surface area contributed by atoms with Gasteiger partial charge < -0.3 is 9.73 Å². The lowest BCUT2D eigenvalue weighted by molar-refractivity contribution is 0.0927. The van der Waals surface area contributed by atoms with Gasteiger partial charge in [-0.15, -0.1) is 0 Å². The summed E-state index contributed by atoms with van der Waals surface area (Å²) in [6, 6.07) is 9.36. The van der Waals surface area contributed by atoms with E-state index in [9.17, 15) is 9.18 Å². The van der Waals surface area contributed by atoms with E-state index in [0.29, 0.717) is 22.3 Å². The van der Waals surface area contributed by atoms with Crippen molar-refractivity contribution in [2.24, 2.45) is 0 Å². The predicted molar refractivity (Wildman–Crippen MR) is 94.6 cm³/mol. The predicted octanol–water partition coefficient (Wildman–Crippen LogP) is 4.13. The number of aromatic nitrogens is 2. The molecular weight excluding hydrogens is 341 g/mol. The molecule has 0 bridgehead atoms. The third-order valence-corrected chi connectivity index (χ3v) is 4.42. The summed E-state index contributed by atoms with van der Waals surface area (Å²) in [7, 11) is 0. The minimum atomic E-state index is -0.331. The number of halogens is 1. The van der Waals surface area contributed by atoms with Crippen molar-refractivity contribution in [3.63, 3.8) is 0 Å². The van der Waals surface area contributed by atoms with Gasteiger partial charge in [0, 0.05) is 5.69 Å². The molecule has 0 aliphatic rings. The molecule has 1 amide bonds. The lowest BCUT2D eigenvalue weighted by Gasteiger charge is -2.14. The highest BCUT2D eigenvalue weighted by Crippen LogP contribution is 2.23. The number of rotatable bonds is 5. The molecule has 1 unspecified atom stereocenters. The van der Waals surface area contributed by atoms with Crippen molar-refractivity contribution in [3.8, 4) is 5.69 Å². The van der Waals surface area contributed by atoms with Gasteiger partial charge in [0.1, 0.15) is 23.0 Å². The quantitative estimate of drug-likeness (QED) is 0.696. The molecule has 0 saturated heterocycles. The number of carbonyl (C=O) groups is 1. The van der Waals surface area contributed by atoms with Crippen LogP contribution in [0.15, 0.2) is 52.2 Å². The molecule has 0 aliphatic heterocycles. The van der Waals surface area contributed by atoms with Crippen LogP contribution in [0.5, 0.6) is 0 Å². The molecule has 0 radical (unpaired) electrons. The van der Waals surface area contributed by atoms with Crippen molar-refractivity contribution in [2.75, 3.05) is 6.26 Å². The number of benzene rings is 1. The number of hydrogen-bond donors (Lipinski definition) is 1. The minimum Gasteiger partial charge on any atom is -0.464 e. The van der Waals surface area contributed by atoms with E-state index in [1.165, 1.54) is 30.1 Å². The monoisotopic (exact) mass is 359 g/mol. The Labute approximate surface area is 149 Å². The first kappa shape index (κ1) is 17.3. The highest BCUT2D eigenvalue weighted by molar-refractivity contribution is 7.98. The van der Waals surface area contributed by atoms with E-state index in [2.05, 4.69) is 10.3 Å². The Morgan fingerprint density at radius 3 is 2.60 bits per heavy atom. The summed E-state index contributed by atoms with van der Waals surface area (Å²) in [4.78, 5) is 17.0. The van der Waals surface area contributed by atoms with Crippen molar-refractivity contribution in [1.82, 2.24) is 14.9 Å². The molecule has 25 heavy (non-hydrogen) atoms. The second-order valence-electron chi connectivity index (χ2n) is 5.59. The van der Waals surface area contributed by atoms with Crippen LogP contribution in [0, 0.1) is 12.7 Å². The van der Waals surface area contributed by atoms with E-state index in [4.69, 9.17) is 4.42 Å². The Balaban J connectivity index is 1.90. The van der Waals surface area contributed by atoms with Crippen LogP contribution in [0.3, 0.4) is 0 Å². The zero-order valence-electron chi connectivity index (χ0n) is 14.1. The van der Waals surface area contributed by atoms with Crippen LogP contribution in [-0.2, 0) is 0 Å². The summed E-state index contributed by atoms with van der Waals surface area (Å²) < 4.78 is 20.5. The molecule has 2 heterocycles. The van der Waals surface area contributed by atoms with Crippen molar-refractivity contribution < 1.29 is 13.6 Å². The largest absolute Gasteiger partial charge is 0.464 e. The van der Waals surface area contributed by atoms with E-state index in [1.807, 2.05) is 32.2 Å². The molecule has 3 rings (SSSR count). The lowest BCUT2D eigenvalue weighted by atomic mass is 10.2. The maximum absolute atomic E-state index is 13.2. The van der Waals surface area contributed by atoms with E-state index in [0.717, 1.165) is 5.76 Å². The summed E-state index contributed by atoms with van der Waals surface area (Å²) in [6.45, 7) is 3.71. The van der Waals surface area contributed by atoms with Crippen LogP contribution in [0.2, 0.25) is 0 Å². The number of carbonyl (C=O) groups excluding carboxylic acids is 1. The summed E-state index contributed by atoms with van der Waals surface area (Å²) in [5.74, 6) is 0.863. The minimum absolute atomic E-state index is 0.279. The molecule has 3 aromatic rings. The van der Waals surface area contributed by atoms with Gasteiger partial charge in [-0.05, 0) is 56.5 Å². The van der Waals surface area contributed by atoms with Crippen LogP contribution in [-0.4, -0.2) is 21.7 Å². The fourth-order valence-corrected chi connectivity index (χ4v) is 3.05. The third kappa shape index (κ3) is 3.61. The van der Waals surface area contributed by atoms with E-state index < -0.39 is 0 Å². The SMILES string of the molecule is CSc1ncc(C(=O)NC(C)c2ccc(C)o2)n1-c1ccc(F)cc1.